The molecule has 2 rings (SSSR count). The molecule has 1 aromatic heterocycles. The number of hydrogen-bond acceptors (Lipinski definition) is 3. The van der Waals surface area contributed by atoms with E-state index in [2.05, 4.69) is 31.7 Å². The molecule has 6 N–H and O–H groups in total. The summed E-state index contributed by atoms with van der Waals surface area (Å²) in [5, 5.41) is 3.06. The third-order valence-corrected chi connectivity index (χ3v) is 2.81. The molecule has 0 saturated heterocycles. The Kier molecular flexibility index (Phi) is 4.32. The molecule has 0 fully saturated rings. The Hall–Kier alpha value is -2.12. The molecule has 19 heavy (non-hydrogen) atoms. The summed E-state index contributed by atoms with van der Waals surface area (Å²) in [6.07, 6.45) is 3.36. The zero-order valence-electron chi connectivity index (χ0n) is 10.0. The van der Waals surface area contributed by atoms with Crippen molar-refractivity contribution in [1.29, 1.82) is 0 Å². The third kappa shape index (κ3) is 3.43. The number of hydrogen-bond donors (Lipinski definition) is 4. The highest BCUT2D eigenvalue weighted by Crippen LogP contribution is 2.14. The van der Waals surface area contributed by atoms with Crippen molar-refractivity contribution >= 4 is 33.3 Å². The summed E-state index contributed by atoms with van der Waals surface area (Å²) < 4.78 is 2.28. The molecule has 0 saturated carbocycles. The number of rotatable bonds is 2. The molecule has 6 nitrogen and oxygen atoms in total. The molecule has 0 unspecified atom stereocenters. The molecule has 98 valence electrons. The highest BCUT2D eigenvalue weighted by Gasteiger charge is 2.12. The van der Waals surface area contributed by atoms with Crippen LogP contribution in [0.2, 0.25) is 0 Å². The molecule has 1 aromatic carbocycles. The Bertz CT molecular complexity index is 584. The number of hydrazine groups is 2. The van der Waals surface area contributed by atoms with Crippen LogP contribution in [0.25, 0.3) is 0 Å². The molecule has 0 aliphatic rings. The average molecular weight is 322 g/mol. The van der Waals surface area contributed by atoms with Crippen LogP contribution >= 0.6 is 15.9 Å². The minimum absolute atomic E-state index is 0.436. The Balaban J connectivity index is 2.29. The zero-order chi connectivity index (χ0) is 13.7. The lowest BCUT2D eigenvalue weighted by atomic mass is 10.3. The summed E-state index contributed by atoms with van der Waals surface area (Å²) in [5.41, 5.74) is 4.09. The first-order valence-electron chi connectivity index (χ1n) is 5.51. The molecule has 0 bridgehead atoms. The SMILES string of the molecule is NN/C(Nc1cncc(Br)c1)=[N+](\N)c1ccccc1. The molecule has 0 radical (unpaired) electrons. The highest BCUT2D eigenvalue weighted by molar-refractivity contribution is 9.10. The van der Waals surface area contributed by atoms with E-state index in [-0.39, 0.29) is 0 Å². The first kappa shape index (κ1) is 13.3. The predicted octanol–water partition coefficient (Wildman–Crippen LogP) is 1.29. The zero-order valence-corrected chi connectivity index (χ0v) is 11.6. The molecule has 0 aliphatic carbocycles. The molecule has 0 spiro atoms. The monoisotopic (exact) mass is 321 g/mol. The maximum absolute atomic E-state index is 5.99. The number of aromatic nitrogens is 1. The van der Waals surface area contributed by atoms with Gasteiger partial charge >= 0.3 is 5.96 Å². The van der Waals surface area contributed by atoms with Crippen molar-refractivity contribution in [3.05, 3.63) is 53.3 Å². The number of hydrazone groups is 1. The number of halogens is 1. The lowest BCUT2D eigenvalue weighted by Crippen LogP contribution is -2.44. The van der Waals surface area contributed by atoms with Crippen molar-refractivity contribution in [3.63, 3.8) is 0 Å². The number of nitrogens with one attached hydrogen (secondary N) is 2. The first-order valence-corrected chi connectivity index (χ1v) is 6.31. The largest absolute Gasteiger partial charge is 0.394 e. The summed E-state index contributed by atoms with van der Waals surface area (Å²) in [6, 6.07) is 11.3. The standard InChI is InChI=1S/C12H13BrN6/c13-9-6-10(8-16-7-9)17-12(18-14)19(15)11-4-2-1-3-5-11/h1-8H,14-15H2,(H,17,18)/p+1. The van der Waals surface area contributed by atoms with Crippen LogP contribution in [0.5, 0.6) is 0 Å². The maximum atomic E-state index is 5.99. The maximum Gasteiger partial charge on any atom is 0.394 e. The van der Waals surface area contributed by atoms with Gasteiger partial charge in [-0.05, 0) is 34.1 Å². The summed E-state index contributed by atoms with van der Waals surface area (Å²) >= 11 is 3.35. The van der Waals surface area contributed by atoms with E-state index in [9.17, 15) is 0 Å². The van der Waals surface area contributed by atoms with E-state index in [0.29, 0.717) is 5.96 Å². The summed E-state index contributed by atoms with van der Waals surface area (Å²) in [5.74, 6) is 11.9. The first-order chi connectivity index (χ1) is 9.20. The molecule has 1 heterocycles. The van der Waals surface area contributed by atoms with Gasteiger partial charge < -0.3 is 0 Å². The summed E-state index contributed by atoms with van der Waals surface area (Å²) in [6.45, 7) is 0. The van der Waals surface area contributed by atoms with Gasteiger partial charge in [0, 0.05) is 10.7 Å². The van der Waals surface area contributed by atoms with Crippen molar-refractivity contribution in [2.45, 2.75) is 0 Å². The van der Waals surface area contributed by atoms with Crippen molar-refractivity contribution < 1.29 is 4.68 Å². The molecule has 2 aromatic rings. The van der Waals surface area contributed by atoms with Crippen molar-refractivity contribution in [2.75, 3.05) is 5.32 Å². The molecular formula is C12H14BrN6+. The van der Waals surface area contributed by atoms with Crippen molar-refractivity contribution in [3.8, 4) is 0 Å². The fourth-order valence-corrected chi connectivity index (χ4v) is 1.87. The number of nitrogens with two attached hydrogens (primary N) is 2. The van der Waals surface area contributed by atoms with Crippen LogP contribution in [0.15, 0.2) is 53.3 Å². The third-order valence-electron chi connectivity index (χ3n) is 2.38. The molecule has 0 amide bonds. The Morgan fingerprint density at radius 3 is 2.58 bits per heavy atom. The lowest BCUT2D eigenvalue weighted by Gasteiger charge is -2.07. The van der Waals surface area contributed by atoms with Crippen molar-refractivity contribution in [1.82, 2.24) is 10.4 Å². The second-order valence-corrected chi connectivity index (χ2v) is 4.63. The summed E-state index contributed by atoms with van der Waals surface area (Å²) in [4.78, 5) is 4.05. The van der Waals surface area contributed by atoms with Gasteiger partial charge in [0.2, 0.25) is 0 Å². The molecule has 7 heteroatoms. The van der Waals surface area contributed by atoms with Gasteiger partial charge in [0.1, 0.15) is 11.4 Å². The fraction of sp³-hybridized carbons (Fsp3) is 0. The Morgan fingerprint density at radius 1 is 1.21 bits per heavy atom. The van der Waals surface area contributed by atoms with Crippen LogP contribution in [0.3, 0.4) is 0 Å². The number of nitrogens with zero attached hydrogens (tertiary/aromatic N) is 2. The van der Waals surface area contributed by atoms with Gasteiger partial charge in [-0.15, -0.1) is 4.68 Å². The van der Waals surface area contributed by atoms with Gasteiger partial charge in [0.15, 0.2) is 0 Å². The molecule has 0 atom stereocenters. The quantitative estimate of drug-likeness (QED) is 0.220. The van der Waals surface area contributed by atoms with E-state index >= 15 is 0 Å². The Morgan fingerprint density at radius 2 is 1.95 bits per heavy atom. The number of guanidine groups is 1. The topological polar surface area (TPSA) is 92.0 Å². The molecule has 0 aliphatic heterocycles. The van der Waals surface area contributed by atoms with E-state index in [1.165, 1.54) is 4.68 Å². The van der Waals surface area contributed by atoms with Gasteiger partial charge in [0.05, 0.1) is 6.20 Å². The van der Waals surface area contributed by atoms with E-state index in [1.807, 2.05) is 36.4 Å². The fourth-order valence-electron chi connectivity index (χ4n) is 1.50. The average Bonchev–Trinajstić information content (AvgIpc) is 2.45. The van der Waals surface area contributed by atoms with Gasteiger partial charge in [-0.3, -0.25) is 10.8 Å². The Labute approximate surface area is 119 Å². The van der Waals surface area contributed by atoms with E-state index in [0.717, 1.165) is 15.8 Å². The van der Waals surface area contributed by atoms with Gasteiger partial charge in [-0.2, -0.15) is 5.84 Å². The van der Waals surface area contributed by atoms with E-state index in [4.69, 9.17) is 11.7 Å². The normalized spacial score (nSPS) is 11.7. The summed E-state index contributed by atoms with van der Waals surface area (Å²) in [7, 11) is 0. The van der Waals surface area contributed by atoms with Crippen molar-refractivity contribution in [2.24, 2.45) is 11.7 Å². The van der Waals surface area contributed by atoms with Crippen LogP contribution in [-0.2, 0) is 0 Å². The second-order valence-electron chi connectivity index (χ2n) is 3.72. The number of anilines is 1. The predicted molar refractivity (Wildman–Crippen MR) is 78.4 cm³/mol. The second kappa shape index (κ2) is 6.17. The van der Waals surface area contributed by atoms with Crippen LogP contribution < -0.4 is 22.4 Å². The van der Waals surface area contributed by atoms with E-state index in [1.54, 1.807) is 12.4 Å². The van der Waals surface area contributed by atoms with Gasteiger partial charge in [-0.1, -0.05) is 18.2 Å². The minimum Gasteiger partial charge on any atom is -0.289 e. The number of benzene rings is 1. The van der Waals surface area contributed by atoms with Gasteiger partial charge in [-0.25, -0.2) is 10.7 Å². The minimum atomic E-state index is 0.436. The highest BCUT2D eigenvalue weighted by atomic mass is 79.9. The van der Waals surface area contributed by atoms with Crippen LogP contribution in [0, 0.1) is 0 Å². The van der Waals surface area contributed by atoms with Crippen LogP contribution in [-0.4, -0.2) is 15.6 Å². The number of para-hydroxylation sites is 1. The lowest BCUT2D eigenvalue weighted by molar-refractivity contribution is -0.454. The van der Waals surface area contributed by atoms with Gasteiger partial charge in [0.25, 0.3) is 0 Å². The van der Waals surface area contributed by atoms with E-state index < -0.39 is 0 Å². The van der Waals surface area contributed by atoms with Crippen LogP contribution in [0.1, 0.15) is 0 Å². The van der Waals surface area contributed by atoms with Crippen LogP contribution in [0.4, 0.5) is 11.4 Å². The smallest absolute Gasteiger partial charge is 0.289 e. The number of pyridine rings is 1. The molecular weight excluding hydrogens is 308 g/mol.